The molecule has 2 rings (SSSR count). The third-order valence-electron chi connectivity index (χ3n) is 2.68. The average molecular weight is 221 g/mol. The molecule has 1 unspecified atom stereocenters. The molecule has 0 saturated carbocycles. The quantitative estimate of drug-likeness (QED) is 0.836. The summed E-state index contributed by atoms with van der Waals surface area (Å²) in [5.74, 6) is 0.442. The average Bonchev–Trinajstić information content (AvgIpc) is 2.59. The highest BCUT2D eigenvalue weighted by Crippen LogP contribution is 2.28. The molecule has 3 nitrogen and oxygen atoms in total. The van der Waals surface area contributed by atoms with Crippen LogP contribution in [0.2, 0.25) is 0 Å². The first-order valence-electron chi connectivity index (χ1n) is 5.10. The highest BCUT2D eigenvalue weighted by molar-refractivity contribution is 7.22. The van der Waals surface area contributed by atoms with Crippen LogP contribution in [0, 0.1) is 0 Å². The van der Waals surface area contributed by atoms with E-state index in [2.05, 4.69) is 24.0 Å². The fourth-order valence-corrected chi connectivity index (χ4v) is 2.53. The van der Waals surface area contributed by atoms with Gasteiger partial charge < -0.3 is 11.5 Å². The Morgan fingerprint density at radius 3 is 2.93 bits per heavy atom. The van der Waals surface area contributed by atoms with Gasteiger partial charge in [0.1, 0.15) is 0 Å². The van der Waals surface area contributed by atoms with Crippen molar-refractivity contribution in [1.29, 1.82) is 0 Å². The first kappa shape index (κ1) is 10.4. The number of nitrogen functional groups attached to an aromatic ring is 1. The minimum absolute atomic E-state index is 0.442. The molecule has 0 radical (unpaired) electrons. The number of thiazole rings is 1. The van der Waals surface area contributed by atoms with Crippen LogP contribution in [0.5, 0.6) is 0 Å². The van der Waals surface area contributed by atoms with Gasteiger partial charge in [0.2, 0.25) is 0 Å². The van der Waals surface area contributed by atoms with Gasteiger partial charge in [0.15, 0.2) is 5.13 Å². The zero-order valence-corrected chi connectivity index (χ0v) is 9.55. The Morgan fingerprint density at radius 2 is 2.27 bits per heavy atom. The summed E-state index contributed by atoms with van der Waals surface area (Å²) >= 11 is 1.53. The van der Waals surface area contributed by atoms with E-state index in [1.54, 1.807) is 0 Å². The molecular formula is C11H15N3S. The smallest absolute Gasteiger partial charge is 0.181 e. The van der Waals surface area contributed by atoms with Crippen molar-refractivity contribution in [2.24, 2.45) is 5.73 Å². The first-order chi connectivity index (χ1) is 7.24. The zero-order chi connectivity index (χ0) is 10.8. The minimum atomic E-state index is 0.442. The van der Waals surface area contributed by atoms with Crippen LogP contribution in [0.15, 0.2) is 18.2 Å². The Kier molecular flexibility index (Phi) is 2.88. The predicted molar refractivity (Wildman–Crippen MR) is 66.1 cm³/mol. The summed E-state index contributed by atoms with van der Waals surface area (Å²) in [7, 11) is 0. The van der Waals surface area contributed by atoms with E-state index in [9.17, 15) is 0 Å². The molecule has 0 fully saturated rings. The van der Waals surface area contributed by atoms with Crippen molar-refractivity contribution in [1.82, 2.24) is 4.98 Å². The molecule has 0 spiro atoms. The van der Waals surface area contributed by atoms with E-state index in [0.717, 1.165) is 16.6 Å². The van der Waals surface area contributed by atoms with E-state index in [4.69, 9.17) is 11.5 Å². The maximum absolute atomic E-state index is 5.73. The molecular weight excluding hydrogens is 206 g/mol. The lowest BCUT2D eigenvalue weighted by atomic mass is 9.97. The second-order valence-electron chi connectivity index (χ2n) is 3.62. The van der Waals surface area contributed by atoms with Gasteiger partial charge in [0, 0.05) is 0 Å². The number of hydrogen-bond donors (Lipinski definition) is 2. The molecule has 0 aliphatic heterocycles. The second kappa shape index (κ2) is 4.16. The van der Waals surface area contributed by atoms with Crippen LogP contribution in [0.1, 0.15) is 24.8 Å². The Hall–Kier alpha value is -1.13. The van der Waals surface area contributed by atoms with Crippen LogP contribution < -0.4 is 11.5 Å². The van der Waals surface area contributed by atoms with Crippen LogP contribution in [0.4, 0.5) is 5.13 Å². The monoisotopic (exact) mass is 221 g/mol. The Balaban J connectivity index is 2.45. The highest BCUT2D eigenvalue weighted by atomic mass is 32.1. The lowest BCUT2D eigenvalue weighted by Crippen LogP contribution is -2.11. The van der Waals surface area contributed by atoms with Gasteiger partial charge in [0.05, 0.1) is 10.2 Å². The van der Waals surface area contributed by atoms with E-state index in [0.29, 0.717) is 17.6 Å². The van der Waals surface area contributed by atoms with E-state index in [1.807, 2.05) is 6.07 Å². The Bertz CT molecular complexity index is 460. The van der Waals surface area contributed by atoms with Crippen molar-refractivity contribution in [2.75, 3.05) is 12.3 Å². The Morgan fingerprint density at radius 1 is 1.47 bits per heavy atom. The minimum Gasteiger partial charge on any atom is -0.375 e. The Labute approximate surface area is 93.1 Å². The molecule has 0 bridgehead atoms. The number of nitrogens with zero attached hydrogens (tertiary/aromatic N) is 1. The highest BCUT2D eigenvalue weighted by Gasteiger charge is 2.09. The van der Waals surface area contributed by atoms with Crippen LogP contribution in [-0.4, -0.2) is 11.5 Å². The molecule has 0 aliphatic rings. The van der Waals surface area contributed by atoms with Crippen molar-refractivity contribution in [3.8, 4) is 0 Å². The maximum atomic E-state index is 5.73. The second-order valence-corrected chi connectivity index (χ2v) is 4.68. The molecule has 0 saturated heterocycles. The number of nitrogens with two attached hydrogens (primary N) is 2. The molecule has 15 heavy (non-hydrogen) atoms. The molecule has 2 aromatic rings. The normalized spacial score (nSPS) is 13.2. The van der Waals surface area contributed by atoms with Crippen molar-refractivity contribution in [3.05, 3.63) is 23.8 Å². The number of aromatic nitrogens is 1. The number of fused-ring (bicyclic) bond motifs is 1. The molecule has 1 atom stereocenters. The van der Waals surface area contributed by atoms with Crippen molar-refractivity contribution < 1.29 is 0 Å². The third-order valence-corrected chi connectivity index (χ3v) is 3.53. The molecule has 80 valence electrons. The van der Waals surface area contributed by atoms with Crippen LogP contribution in [-0.2, 0) is 0 Å². The summed E-state index contributed by atoms with van der Waals surface area (Å²) in [5.41, 5.74) is 13.7. The molecule has 1 aromatic carbocycles. The first-order valence-corrected chi connectivity index (χ1v) is 5.92. The van der Waals surface area contributed by atoms with E-state index >= 15 is 0 Å². The van der Waals surface area contributed by atoms with Crippen molar-refractivity contribution >= 4 is 26.7 Å². The largest absolute Gasteiger partial charge is 0.375 e. The van der Waals surface area contributed by atoms with Gasteiger partial charge in [-0.15, -0.1) is 0 Å². The van der Waals surface area contributed by atoms with E-state index < -0.39 is 0 Å². The molecule has 0 amide bonds. The van der Waals surface area contributed by atoms with Crippen LogP contribution in [0.25, 0.3) is 10.2 Å². The predicted octanol–water partition coefficient (Wildman–Crippen LogP) is 2.33. The van der Waals surface area contributed by atoms with Crippen LogP contribution in [0.3, 0.4) is 0 Å². The SMILES string of the molecule is CCC(CN)c1ccc2nc(N)sc2c1. The molecule has 4 N–H and O–H groups in total. The summed E-state index contributed by atoms with van der Waals surface area (Å²) in [4.78, 5) is 4.23. The third kappa shape index (κ3) is 1.96. The summed E-state index contributed by atoms with van der Waals surface area (Å²) in [6.07, 6.45) is 1.07. The fourth-order valence-electron chi connectivity index (χ4n) is 1.75. The summed E-state index contributed by atoms with van der Waals surface area (Å²) in [6, 6.07) is 6.28. The standard InChI is InChI=1S/C11H15N3S/c1-2-7(6-12)8-3-4-9-10(5-8)15-11(13)14-9/h3-5,7H,2,6,12H2,1H3,(H2,13,14). The van der Waals surface area contributed by atoms with Crippen molar-refractivity contribution in [2.45, 2.75) is 19.3 Å². The number of benzene rings is 1. The van der Waals surface area contributed by atoms with Crippen molar-refractivity contribution in [3.63, 3.8) is 0 Å². The lowest BCUT2D eigenvalue weighted by molar-refractivity contribution is 0.675. The molecule has 4 heteroatoms. The summed E-state index contributed by atoms with van der Waals surface area (Å²) < 4.78 is 1.15. The number of rotatable bonds is 3. The van der Waals surface area contributed by atoms with E-state index in [1.165, 1.54) is 16.9 Å². The van der Waals surface area contributed by atoms with Gasteiger partial charge in [-0.25, -0.2) is 4.98 Å². The van der Waals surface area contributed by atoms with Gasteiger partial charge in [-0.2, -0.15) is 0 Å². The summed E-state index contributed by atoms with van der Waals surface area (Å²) in [6.45, 7) is 2.85. The van der Waals surface area contributed by atoms with Gasteiger partial charge in [-0.1, -0.05) is 24.3 Å². The molecule has 1 heterocycles. The topological polar surface area (TPSA) is 64.9 Å². The van der Waals surface area contributed by atoms with Crippen LogP contribution >= 0.6 is 11.3 Å². The number of anilines is 1. The lowest BCUT2D eigenvalue weighted by Gasteiger charge is -2.11. The van der Waals surface area contributed by atoms with Gasteiger partial charge in [-0.3, -0.25) is 0 Å². The van der Waals surface area contributed by atoms with E-state index in [-0.39, 0.29) is 0 Å². The van der Waals surface area contributed by atoms with Gasteiger partial charge >= 0.3 is 0 Å². The zero-order valence-electron chi connectivity index (χ0n) is 8.73. The molecule has 1 aromatic heterocycles. The fraction of sp³-hybridized carbons (Fsp3) is 0.364. The summed E-state index contributed by atoms with van der Waals surface area (Å²) in [5, 5.41) is 0.628. The number of hydrogen-bond acceptors (Lipinski definition) is 4. The van der Waals surface area contributed by atoms with Gasteiger partial charge in [-0.05, 0) is 36.6 Å². The van der Waals surface area contributed by atoms with Gasteiger partial charge in [0.25, 0.3) is 0 Å². The maximum Gasteiger partial charge on any atom is 0.181 e. The molecule has 0 aliphatic carbocycles.